The Kier molecular flexibility index (Phi) is 3.35. The van der Waals surface area contributed by atoms with Gasteiger partial charge in [-0.05, 0) is 0 Å². The van der Waals surface area contributed by atoms with E-state index in [1.807, 2.05) is 0 Å². The molecule has 0 aromatic carbocycles. The van der Waals surface area contributed by atoms with Gasteiger partial charge < -0.3 is 5.73 Å². The van der Waals surface area contributed by atoms with Gasteiger partial charge in [0.25, 0.3) is 6.43 Å². The van der Waals surface area contributed by atoms with Crippen LogP contribution in [0, 0.1) is 0 Å². The Bertz CT molecular complexity index is 357. The highest BCUT2D eigenvalue weighted by atomic mass is 35.5. The van der Waals surface area contributed by atoms with E-state index in [0.29, 0.717) is 6.29 Å². The lowest BCUT2D eigenvalue weighted by Gasteiger charge is -2.09. The van der Waals surface area contributed by atoms with E-state index in [1.165, 1.54) is 0 Å². The van der Waals surface area contributed by atoms with Gasteiger partial charge >= 0.3 is 0 Å². The first-order valence-corrected chi connectivity index (χ1v) is 4.21. The van der Waals surface area contributed by atoms with E-state index < -0.39 is 12.0 Å². The normalized spacial score (nSPS) is 10.6. The molecule has 14 heavy (non-hydrogen) atoms. The molecule has 1 rings (SSSR count). The number of nitrogen functional groups attached to an aromatic ring is 1. The van der Waals surface area contributed by atoms with E-state index in [4.69, 9.17) is 17.3 Å². The van der Waals surface area contributed by atoms with Crippen molar-refractivity contribution < 1.29 is 13.6 Å². The topological polar surface area (TPSA) is 56.0 Å². The molecule has 0 fully saturated rings. The quantitative estimate of drug-likeness (QED) is 0.627. The summed E-state index contributed by atoms with van der Waals surface area (Å²) in [6.45, 7) is 0. The Hall–Kier alpha value is -1.23. The van der Waals surface area contributed by atoms with Gasteiger partial charge in [0.1, 0.15) is 5.69 Å². The van der Waals surface area contributed by atoms with Gasteiger partial charge in [-0.25, -0.2) is 8.78 Å². The van der Waals surface area contributed by atoms with Crippen LogP contribution in [-0.4, -0.2) is 11.3 Å². The number of nitrogens with two attached hydrogens (primary N) is 1. The van der Waals surface area contributed by atoms with E-state index in [9.17, 15) is 13.6 Å². The van der Waals surface area contributed by atoms with Crippen molar-refractivity contribution in [2.75, 3.05) is 5.73 Å². The van der Waals surface area contributed by atoms with Crippen molar-refractivity contribution in [3.05, 3.63) is 23.0 Å². The summed E-state index contributed by atoms with van der Waals surface area (Å²) in [5.41, 5.74) is 5.00. The number of aldehydes is 1. The first-order valence-electron chi connectivity index (χ1n) is 3.68. The number of hydrogen-bond donors (Lipinski definition) is 1. The van der Waals surface area contributed by atoms with Gasteiger partial charge in [0.05, 0.1) is 11.4 Å². The molecule has 0 bridgehead atoms. The third-order valence-electron chi connectivity index (χ3n) is 1.77. The Morgan fingerprint density at radius 3 is 2.71 bits per heavy atom. The summed E-state index contributed by atoms with van der Waals surface area (Å²) in [5.74, 6) is -0.118. The summed E-state index contributed by atoms with van der Waals surface area (Å²) in [6.07, 6.45) is -1.39. The fourth-order valence-corrected chi connectivity index (χ4v) is 1.30. The van der Waals surface area contributed by atoms with Gasteiger partial charge in [0.15, 0.2) is 6.29 Å². The number of nitrogens with zero attached hydrogens (tertiary/aromatic N) is 1. The zero-order valence-electron chi connectivity index (χ0n) is 7.01. The van der Waals surface area contributed by atoms with E-state index in [0.717, 1.165) is 6.20 Å². The van der Waals surface area contributed by atoms with Crippen molar-refractivity contribution in [2.24, 2.45) is 0 Å². The number of rotatable bonds is 3. The summed E-state index contributed by atoms with van der Waals surface area (Å²) < 4.78 is 24.7. The lowest BCUT2D eigenvalue weighted by Crippen LogP contribution is -2.05. The minimum Gasteiger partial charge on any atom is -0.398 e. The van der Waals surface area contributed by atoms with Crippen LogP contribution in [0.3, 0.4) is 0 Å². The standard InChI is InChI=1S/C8H7ClF2N2O/c9-1-4-6(3-14)13-2-5(7(4)12)8(10)11/h2-3,8H,1H2,(H2,12,13). The van der Waals surface area contributed by atoms with Crippen LogP contribution < -0.4 is 5.73 Å². The first kappa shape index (κ1) is 10.8. The maximum atomic E-state index is 12.3. The molecule has 0 aliphatic rings. The van der Waals surface area contributed by atoms with Crippen molar-refractivity contribution in [1.29, 1.82) is 0 Å². The number of carbonyl (C=O) groups excluding carboxylic acids is 1. The highest BCUT2D eigenvalue weighted by molar-refractivity contribution is 6.17. The van der Waals surface area contributed by atoms with Crippen LogP contribution in [-0.2, 0) is 5.88 Å². The molecule has 3 nitrogen and oxygen atoms in total. The van der Waals surface area contributed by atoms with Gasteiger partial charge in [-0.2, -0.15) is 0 Å². The number of carbonyl (C=O) groups is 1. The van der Waals surface area contributed by atoms with Gasteiger partial charge in [-0.15, -0.1) is 11.6 Å². The SMILES string of the molecule is Nc1c(C(F)F)cnc(C=O)c1CCl. The zero-order valence-corrected chi connectivity index (χ0v) is 7.76. The van der Waals surface area contributed by atoms with Gasteiger partial charge in [-0.1, -0.05) is 0 Å². The summed E-state index contributed by atoms with van der Waals surface area (Å²) in [4.78, 5) is 14.0. The molecule has 0 atom stereocenters. The Morgan fingerprint density at radius 2 is 2.29 bits per heavy atom. The molecule has 1 aromatic rings. The van der Waals surface area contributed by atoms with E-state index in [-0.39, 0.29) is 22.8 Å². The summed E-state index contributed by atoms with van der Waals surface area (Å²) in [6, 6.07) is 0. The Labute approximate surface area is 83.9 Å². The van der Waals surface area contributed by atoms with Crippen molar-refractivity contribution in [1.82, 2.24) is 4.98 Å². The maximum absolute atomic E-state index is 12.3. The molecule has 0 saturated carbocycles. The van der Waals surface area contributed by atoms with Gasteiger partial charge in [0.2, 0.25) is 0 Å². The van der Waals surface area contributed by atoms with E-state index >= 15 is 0 Å². The fraction of sp³-hybridized carbons (Fsp3) is 0.250. The predicted octanol–water partition coefficient (Wildman–Crippen LogP) is 2.15. The van der Waals surface area contributed by atoms with Crippen molar-refractivity contribution in [3.63, 3.8) is 0 Å². The van der Waals surface area contributed by atoms with Crippen LogP contribution >= 0.6 is 11.6 Å². The molecule has 1 aromatic heterocycles. The second-order valence-corrected chi connectivity index (χ2v) is 2.81. The van der Waals surface area contributed by atoms with Crippen molar-refractivity contribution in [2.45, 2.75) is 12.3 Å². The average Bonchev–Trinajstić information content (AvgIpc) is 2.16. The van der Waals surface area contributed by atoms with Crippen LogP contribution in [0.25, 0.3) is 0 Å². The first-order chi connectivity index (χ1) is 6.61. The Morgan fingerprint density at radius 1 is 1.64 bits per heavy atom. The van der Waals surface area contributed by atoms with E-state index in [2.05, 4.69) is 4.98 Å². The van der Waals surface area contributed by atoms with Crippen molar-refractivity contribution >= 4 is 23.6 Å². The molecule has 0 spiro atoms. The van der Waals surface area contributed by atoms with Crippen LogP contribution in [0.15, 0.2) is 6.20 Å². The fourth-order valence-electron chi connectivity index (χ4n) is 1.01. The molecule has 2 N–H and O–H groups in total. The second kappa shape index (κ2) is 4.32. The lowest BCUT2D eigenvalue weighted by atomic mass is 10.1. The third-order valence-corrected chi connectivity index (χ3v) is 2.04. The monoisotopic (exact) mass is 220 g/mol. The molecule has 0 amide bonds. The molecule has 0 saturated heterocycles. The highest BCUT2D eigenvalue weighted by Gasteiger charge is 2.17. The molecule has 6 heteroatoms. The maximum Gasteiger partial charge on any atom is 0.267 e. The number of hydrogen-bond acceptors (Lipinski definition) is 3. The molecular weight excluding hydrogens is 214 g/mol. The predicted molar refractivity (Wildman–Crippen MR) is 48.6 cm³/mol. The summed E-state index contributed by atoms with van der Waals surface area (Å²) in [5, 5.41) is 0. The lowest BCUT2D eigenvalue weighted by molar-refractivity contribution is 0.111. The minimum absolute atomic E-state index is 0.00176. The molecule has 0 unspecified atom stereocenters. The smallest absolute Gasteiger partial charge is 0.267 e. The molecule has 1 heterocycles. The van der Waals surface area contributed by atoms with Crippen LogP contribution in [0.1, 0.15) is 28.0 Å². The van der Waals surface area contributed by atoms with Crippen molar-refractivity contribution in [3.8, 4) is 0 Å². The molecule has 76 valence electrons. The van der Waals surface area contributed by atoms with Gasteiger partial charge in [0, 0.05) is 17.4 Å². The summed E-state index contributed by atoms with van der Waals surface area (Å²) >= 11 is 5.47. The average molecular weight is 221 g/mol. The number of halogens is 3. The highest BCUT2D eigenvalue weighted by Crippen LogP contribution is 2.28. The van der Waals surface area contributed by atoms with Crippen LogP contribution in [0.4, 0.5) is 14.5 Å². The zero-order chi connectivity index (χ0) is 10.7. The number of alkyl halides is 3. The van der Waals surface area contributed by atoms with Gasteiger partial charge in [-0.3, -0.25) is 9.78 Å². The number of aromatic nitrogens is 1. The van der Waals surface area contributed by atoms with E-state index in [1.54, 1.807) is 0 Å². The third kappa shape index (κ3) is 1.82. The van der Waals surface area contributed by atoms with Crippen LogP contribution in [0.2, 0.25) is 0 Å². The Balaban J connectivity index is 3.34. The number of anilines is 1. The molecular formula is C8H7ClF2N2O. The second-order valence-electron chi connectivity index (χ2n) is 2.54. The molecule has 0 aliphatic heterocycles. The number of pyridine rings is 1. The molecule has 0 aliphatic carbocycles. The summed E-state index contributed by atoms with van der Waals surface area (Å²) in [7, 11) is 0. The molecule has 0 radical (unpaired) electrons. The minimum atomic E-state index is -2.72. The van der Waals surface area contributed by atoms with Crippen LogP contribution in [0.5, 0.6) is 0 Å². The largest absolute Gasteiger partial charge is 0.398 e.